The lowest BCUT2D eigenvalue weighted by molar-refractivity contribution is -0.158. The van der Waals surface area contributed by atoms with E-state index in [1.54, 1.807) is 19.9 Å². The Balaban J connectivity index is 2.91. The van der Waals surface area contributed by atoms with Gasteiger partial charge in [0.1, 0.15) is 18.8 Å². The lowest BCUT2D eigenvalue weighted by Gasteiger charge is -2.17. The highest BCUT2D eigenvalue weighted by Gasteiger charge is 2.21. The molecule has 0 aromatic heterocycles. The minimum atomic E-state index is -1.05. The van der Waals surface area contributed by atoms with E-state index < -0.39 is 36.4 Å². The molecule has 38 heavy (non-hydrogen) atoms. The molecule has 0 aliphatic carbocycles. The molecule has 4 atom stereocenters. The predicted octanol–water partition coefficient (Wildman–Crippen LogP) is 4.56. The van der Waals surface area contributed by atoms with Gasteiger partial charge in [0.15, 0.2) is 11.5 Å². The zero-order valence-electron chi connectivity index (χ0n) is 23.2. The Hall–Kier alpha value is -3.34. The van der Waals surface area contributed by atoms with Crippen LogP contribution in [0.5, 0.6) is 11.5 Å². The molecule has 0 saturated carbocycles. The van der Waals surface area contributed by atoms with Crippen molar-refractivity contribution in [2.24, 2.45) is 17.6 Å². The minimum Gasteiger partial charge on any atom is -0.461 e. The minimum absolute atomic E-state index is 0.0268. The largest absolute Gasteiger partial charge is 0.513 e. The number of benzene rings is 1. The quantitative estimate of drug-likeness (QED) is 0.190. The lowest BCUT2D eigenvalue weighted by Crippen LogP contribution is -2.36. The maximum absolute atomic E-state index is 12.3. The molecule has 2 N–H and O–H groups in total. The summed E-state index contributed by atoms with van der Waals surface area (Å²) in [6, 6.07) is 3.33. The molecule has 0 heterocycles. The molecule has 0 amide bonds. The third-order valence-electron chi connectivity index (χ3n) is 5.60. The van der Waals surface area contributed by atoms with E-state index in [4.69, 9.17) is 34.2 Å². The highest BCUT2D eigenvalue weighted by atomic mass is 16.7. The first-order valence-corrected chi connectivity index (χ1v) is 12.9. The van der Waals surface area contributed by atoms with E-state index in [-0.39, 0.29) is 56.0 Å². The molecule has 0 radical (unpaired) electrons. The van der Waals surface area contributed by atoms with Crippen LogP contribution in [0.1, 0.15) is 66.4 Å². The molecule has 0 spiro atoms. The highest BCUT2D eigenvalue weighted by molar-refractivity contribution is 5.76. The summed E-state index contributed by atoms with van der Waals surface area (Å²) < 4.78 is 31.0. The Bertz CT molecular complexity index is 919. The van der Waals surface area contributed by atoms with Gasteiger partial charge in [-0.15, -0.1) is 0 Å². The van der Waals surface area contributed by atoms with Gasteiger partial charge in [0, 0.05) is 6.42 Å². The van der Waals surface area contributed by atoms with Crippen molar-refractivity contribution in [1.29, 1.82) is 0 Å². The summed E-state index contributed by atoms with van der Waals surface area (Å²) in [5.41, 5.74) is 6.49. The topological polar surface area (TPSA) is 150 Å². The van der Waals surface area contributed by atoms with Crippen LogP contribution in [0, 0.1) is 11.8 Å². The third-order valence-corrected chi connectivity index (χ3v) is 5.60. The van der Waals surface area contributed by atoms with E-state index >= 15 is 0 Å². The number of ether oxygens (including phenoxy) is 6. The number of esters is 2. The molecule has 0 fully saturated rings. The molecule has 1 aromatic carbocycles. The van der Waals surface area contributed by atoms with Gasteiger partial charge in [-0.3, -0.25) is 9.59 Å². The second-order valence-corrected chi connectivity index (χ2v) is 9.23. The molecule has 1 aromatic rings. The van der Waals surface area contributed by atoms with Crippen molar-refractivity contribution in [2.75, 3.05) is 19.8 Å². The van der Waals surface area contributed by atoms with E-state index in [0.717, 1.165) is 12.8 Å². The van der Waals surface area contributed by atoms with Crippen LogP contribution in [0.15, 0.2) is 18.2 Å². The fraction of sp³-hybridized carbons (Fsp3) is 0.630. The van der Waals surface area contributed by atoms with Crippen LogP contribution in [0.2, 0.25) is 0 Å². The molecular formula is C27H41NO10. The van der Waals surface area contributed by atoms with Crippen molar-refractivity contribution < 1.29 is 47.6 Å². The number of rotatable bonds is 15. The zero-order valence-corrected chi connectivity index (χ0v) is 23.2. The molecule has 0 saturated heterocycles. The normalized spacial score (nSPS) is 13.9. The number of hydrogen-bond donors (Lipinski definition) is 1. The summed E-state index contributed by atoms with van der Waals surface area (Å²) in [6.45, 7) is 11.2. The molecule has 11 heteroatoms. The predicted molar refractivity (Wildman–Crippen MR) is 138 cm³/mol. The second-order valence-electron chi connectivity index (χ2n) is 9.23. The monoisotopic (exact) mass is 539 g/mol. The van der Waals surface area contributed by atoms with E-state index in [1.807, 2.05) is 27.7 Å². The molecule has 214 valence electrons. The summed E-state index contributed by atoms with van der Waals surface area (Å²) in [5.74, 6) is -0.978. The maximum Gasteiger partial charge on any atom is 0.513 e. The first-order valence-electron chi connectivity index (χ1n) is 12.9. The summed E-state index contributed by atoms with van der Waals surface area (Å²) in [4.78, 5) is 48.1. The molecule has 0 aliphatic heterocycles. The number of carbonyl (C=O) groups excluding carboxylic acids is 4. The van der Waals surface area contributed by atoms with Crippen molar-refractivity contribution in [1.82, 2.24) is 0 Å². The second kappa shape index (κ2) is 17.2. The van der Waals surface area contributed by atoms with Gasteiger partial charge >= 0.3 is 24.2 Å². The smallest absolute Gasteiger partial charge is 0.461 e. The van der Waals surface area contributed by atoms with Crippen molar-refractivity contribution >= 4 is 24.2 Å². The van der Waals surface area contributed by atoms with Gasteiger partial charge in [-0.1, -0.05) is 53.5 Å². The lowest BCUT2D eigenvalue weighted by atomic mass is 10.1. The van der Waals surface area contributed by atoms with Crippen LogP contribution in [-0.4, -0.2) is 56.2 Å². The van der Waals surface area contributed by atoms with Crippen molar-refractivity contribution in [3.05, 3.63) is 23.8 Å². The van der Waals surface area contributed by atoms with Crippen LogP contribution >= 0.6 is 0 Å². The van der Waals surface area contributed by atoms with Crippen molar-refractivity contribution in [3.63, 3.8) is 0 Å². The average molecular weight is 540 g/mol. The standard InChI is InChI=1S/C27H41NO10/c1-7-17(4)14-34-26(31)37-22-11-10-20(13-23(22)38-27(32)35-15-18(5)8-2)12-21(28)25(30)33-16-19(6)36-24(29)9-3/h10-11,13,17-19,21H,7-9,12,14-16,28H2,1-6H3/t17?,18?,19-,21-/m0/s1. The number of nitrogens with two attached hydrogens (primary N) is 1. The van der Waals surface area contributed by atoms with Crippen molar-refractivity contribution in [2.45, 2.75) is 79.4 Å². The van der Waals surface area contributed by atoms with Crippen LogP contribution in [0.25, 0.3) is 0 Å². The first-order chi connectivity index (χ1) is 18.0. The van der Waals surface area contributed by atoms with Crippen LogP contribution in [0.3, 0.4) is 0 Å². The van der Waals surface area contributed by atoms with E-state index in [9.17, 15) is 19.2 Å². The molecule has 0 bridgehead atoms. The number of hydrogen-bond acceptors (Lipinski definition) is 11. The fourth-order valence-corrected chi connectivity index (χ4v) is 2.72. The van der Waals surface area contributed by atoms with Gasteiger partial charge < -0.3 is 34.2 Å². The third kappa shape index (κ3) is 12.8. The van der Waals surface area contributed by atoms with Gasteiger partial charge in [-0.25, -0.2) is 9.59 Å². The van der Waals surface area contributed by atoms with Gasteiger partial charge in [-0.2, -0.15) is 0 Å². The SMILES string of the molecule is CCC(=O)O[C@@H](C)COC(=O)[C@@H](N)Cc1ccc(OC(=O)OCC(C)CC)c(OC(=O)OCC(C)CC)c1. The summed E-state index contributed by atoms with van der Waals surface area (Å²) in [7, 11) is 0. The first kappa shape index (κ1) is 32.7. The fourth-order valence-electron chi connectivity index (χ4n) is 2.72. The van der Waals surface area contributed by atoms with E-state index in [1.165, 1.54) is 12.1 Å². The van der Waals surface area contributed by atoms with Crippen LogP contribution in [-0.2, 0) is 35.0 Å². The summed E-state index contributed by atoms with van der Waals surface area (Å²) >= 11 is 0. The Kier molecular flexibility index (Phi) is 14.8. The van der Waals surface area contributed by atoms with Crippen molar-refractivity contribution in [3.8, 4) is 11.5 Å². The van der Waals surface area contributed by atoms with Gasteiger partial charge in [-0.05, 0) is 42.9 Å². The summed E-state index contributed by atoms with van der Waals surface area (Å²) in [5, 5.41) is 0. The van der Waals surface area contributed by atoms with Crippen LogP contribution in [0.4, 0.5) is 9.59 Å². The molecule has 1 rings (SSSR count). The molecule has 0 aliphatic rings. The Morgan fingerprint density at radius 2 is 1.34 bits per heavy atom. The Morgan fingerprint density at radius 1 is 0.789 bits per heavy atom. The molecular weight excluding hydrogens is 498 g/mol. The van der Waals surface area contributed by atoms with Crippen LogP contribution < -0.4 is 15.2 Å². The molecule has 11 nitrogen and oxygen atoms in total. The zero-order chi connectivity index (χ0) is 28.7. The maximum atomic E-state index is 12.3. The van der Waals surface area contributed by atoms with Gasteiger partial charge in [0.2, 0.25) is 0 Å². The average Bonchev–Trinajstić information content (AvgIpc) is 2.89. The van der Waals surface area contributed by atoms with Gasteiger partial charge in [0.05, 0.1) is 13.2 Å². The molecule has 2 unspecified atom stereocenters. The van der Waals surface area contributed by atoms with E-state index in [0.29, 0.717) is 5.56 Å². The Labute approximate surface area is 224 Å². The number of carbonyl (C=O) groups is 4. The summed E-state index contributed by atoms with van der Waals surface area (Å²) in [6.07, 6.45) is -0.663. The van der Waals surface area contributed by atoms with E-state index in [2.05, 4.69) is 0 Å². The Morgan fingerprint density at radius 3 is 1.87 bits per heavy atom. The van der Waals surface area contributed by atoms with Gasteiger partial charge in [0.25, 0.3) is 0 Å². The highest BCUT2D eigenvalue weighted by Crippen LogP contribution is 2.30.